The molecular weight excluding hydrogens is 360 g/mol. The summed E-state index contributed by atoms with van der Waals surface area (Å²) >= 11 is 0. The first-order valence-corrected chi connectivity index (χ1v) is 9.90. The standard InChI is InChI=1S/C25H26N2O2/c1-25(2,26)18-13-11-17(12-14-18)15-27-24(28)29-16-23-21-9-5-3-7-19(21)20-8-4-6-10-22(20)23/h3-14,23H,15-16,26H2,1-2H3,(H,27,28). The topological polar surface area (TPSA) is 64.3 Å². The van der Waals surface area contributed by atoms with Crippen LogP contribution >= 0.6 is 0 Å². The summed E-state index contributed by atoms with van der Waals surface area (Å²) in [6.45, 7) is 4.68. The van der Waals surface area contributed by atoms with Gasteiger partial charge in [-0.1, -0.05) is 72.8 Å². The Bertz CT molecular complexity index is 974. The van der Waals surface area contributed by atoms with Gasteiger partial charge in [0.1, 0.15) is 6.61 Å². The van der Waals surface area contributed by atoms with Gasteiger partial charge < -0.3 is 15.8 Å². The number of rotatable bonds is 5. The Labute approximate surface area is 171 Å². The highest BCUT2D eigenvalue weighted by Crippen LogP contribution is 2.44. The Morgan fingerprint density at radius 1 is 0.931 bits per heavy atom. The highest BCUT2D eigenvalue weighted by atomic mass is 16.5. The van der Waals surface area contributed by atoms with Gasteiger partial charge in [-0.05, 0) is 47.2 Å². The van der Waals surface area contributed by atoms with E-state index in [1.807, 2.05) is 62.4 Å². The molecule has 3 aromatic rings. The second-order valence-corrected chi connectivity index (χ2v) is 8.10. The van der Waals surface area contributed by atoms with Crippen LogP contribution in [0.25, 0.3) is 11.1 Å². The Balaban J connectivity index is 1.37. The predicted molar refractivity (Wildman–Crippen MR) is 116 cm³/mol. The van der Waals surface area contributed by atoms with Crippen molar-refractivity contribution in [2.45, 2.75) is 31.8 Å². The molecule has 1 aliphatic carbocycles. The fraction of sp³-hybridized carbons (Fsp3) is 0.240. The van der Waals surface area contributed by atoms with E-state index in [4.69, 9.17) is 10.5 Å². The van der Waals surface area contributed by atoms with Crippen molar-refractivity contribution in [2.75, 3.05) is 6.61 Å². The SMILES string of the molecule is CC(C)(N)c1ccc(CNC(=O)OCC2c3ccccc3-c3ccccc32)cc1. The van der Waals surface area contributed by atoms with E-state index in [9.17, 15) is 4.79 Å². The van der Waals surface area contributed by atoms with Gasteiger partial charge >= 0.3 is 6.09 Å². The summed E-state index contributed by atoms with van der Waals surface area (Å²) in [6.07, 6.45) is -0.407. The zero-order valence-electron chi connectivity index (χ0n) is 16.8. The summed E-state index contributed by atoms with van der Waals surface area (Å²) in [7, 11) is 0. The van der Waals surface area contributed by atoms with Gasteiger partial charge in [0.25, 0.3) is 0 Å². The minimum absolute atomic E-state index is 0.0687. The van der Waals surface area contributed by atoms with Crippen molar-refractivity contribution in [3.8, 4) is 11.1 Å². The van der Waals surface area contributed by atoms with Gasteiger partial charge in [-0.3, -0.25) is 0 Å². The normalized spacial score (nSPS) is 12.9. The van der Waals surface area contributed by atoms with Crippen molar-refractivity contribution in [3.05, 3.63) is 95.1 Å². The second kappa shape index (κ2) is 7.72. The molecular formula is C25H26N2O2. The molecule has 29 heavy (non-hydrogen) atoms. The average molecular weight is 386 g/mol. The number of nitrogens with one attached hydrogen (secondary N) is 1. The number of fused-ring (bicyclic) bond motifs is 3. The van der Waals surface area contributed by atoms with E-state index < -0.39 is 6.09 Å². The third kappa shape index (κ3) is 4.03. The smallest absolute Gasteiger partial charge is 0.407 e. The molecule has 1 aliphatic rings. The van der Waals surface area contributed by atoms with Gasteiger partial charge in [-0.2, -0.15) is 0 Å². The molecule has 148 valence electrons. The van der Waals surface area contributed by atoms with E-state index in [-0.39, 0.29) is 11.5 Å². The van der Waals surface area contributed by atoms with Crippen molar-refractivity contribution in [1.29, 1.82) is 0 Å². The summed E-state index contributed by atoms with van der Waals surface area (Å²) in [5, 5.41) is 2.84. The van der Waals surface area contributed by atoms with Gasteiger partial charge in [-0.15, -0.1) is 0 Å². The third-order valence-electron chi connectivity index (χ3n) is 5.48. The summed E-state index contributed by atoms with van der Waals surface area (Å²) in [4.78, 5) is 12.3. The van der Waals surface area contributed by atoms with Crippen molar-refractivity contribution < 1.29 is 9.53 Å². The average Bonchev–Trinajstić information content (AvgIpc) is 3.04. The lowest BCUT2D eigenvalue weighted by Gasteiger charge is -2.19. The fourth-order valence-electron chi connectivity index (χ4n) is 3.88. The zero-order chi connectivity index (χ0) is 20.4. The first-order chi connectivity index (χ1) is 13.9. The zero-order valence-corrected chi connectivity index (χ0v) is 16.8. The number of alkyl carbamates (subject to hydrolysis) is 1. The van der Waals surface area contributed by atoms with Crippen LogP contribution in [0.4, 0.5) is 4.79 Å². The van der Waals surface area contributed by atoms with Crippen LogP contribution in [-0.4, -0.2) is 12.7 Å². The highest BCUT2D eigenvalue weighted by Gasteiger charge is 2.28. The van der Waals surface area contributed by atoms with Crippen LogP contribution < -0.4 is 11.1 Å². The van der Waals surface area contributed by atoms with Crippen LogP contribution in [0.5, 0.6) is 0 Å². The molecule has 4 heteroatoms. The molecule has 3 aromatic carbocycles. The number of ether oxygens (including phenoxy) is 1. The molecule has 0 unspecified atom stereocenters. The van der Waals surface area contributed by atoms with Crippen LogP contribution in [0.3, 0.4) is 0 Å². The molecule has 0 heterocycles. The molecule has 4 rings (SSSR count). The van der Waals surface area contributed by atoms with Crippen LogP contribution in [0.2, 0.25) is 0 Å². The quantitative estimate of drug-likeness (QED) is 0.654. The molecule has 1 amide bonds. The molecule has 0 saturated heterocycles. The van der Waals surface area contributed by atoms with Crippen molar-refractivity contribution >= 4 is 6.09 Å². The summed E-state index contributed by atoms with van der Waals surface area (Å²) in [6, 6.07) is 24.6. The minimum Gasteiger partial charge on any atom is -0.449 e. The molecule has 3 N–H and O–H groups in total. The molecule has 4 nitrogen and oxygen atoms in total. The van der Waals surface area contributed by atoms with E-state index >= 15 is 0 Å². The van der Waals surface area contributed by atoms with Gasteiger partial charge in [0.05, 0.1) is 0 Å². The van der Waals surface area contributed by atoms with E-state index in [0.29, 0.717) is 13.2 Å². The van der Waals surface area contributed by atoms with E-state index in [1.165, 1.54) is 22.3 Å². The number of carbonyl (C=O) groups excluding carboxylic acids is 1. The molecule has 0 aromatic heterocycles. The summed E-state index contributed by atoms with van der Waals surface area (Å²) in [5.74, 6) is 0.0687. The minimum atomic E-state index is -0.407. The van der Waals surface area contributed by atoms with Crippen molar-refractivity contribution in [1.82, 2.24) is 5.32 Å². The summed E-state index contributed by atoms with van der Waals surface area (Å²) < 4.78 is 5.57. The molecule has 0 fully saturated rings. The molecule has 0 spiro atoms. The lowest BCUT2D eigenvalue weighted by atomic mass is 9.95. The number of hydrogen-bond acceptors (Lipinski definition) is 3. The van der Waals surface area contributed by atoms with Crippen LogP contribution in [0.1, 0.15) is 42.0 Å². The Morgan fingerprint density at radius 2 is 1.48 bits per heavy atom. The van der Waals surface area contributed by atoms with E-state index in [1.54, 1.807) is 0 Å². The maximum atomic E-state index is 12.3. The number of benzene rings is 3. The van der Waals surface area contributed by atoms with Gasteiger partial charge in [0.15, 0.2) is 0 Å². The van der Waals surface area contributed by atoms with Crippen LogP contribution in [0.15, 0.2) is 72.8 Å². The summed E-state index contributed by atoms with van der Waals surface area (Å²) in [5.41, 5.74) is 12.7. The molecule has 0 bridgehead atoms. The van der Waals surface area contributed by atoms with Gasteiger partial charge in [-0.25, -0.2) is 4.79 Å². The van der Waals surface area contributed by atoms with E-state index in [2.05, 4.69) is 29.6 Å². The number of amides is 1. The Kier molecular flexibility index (Phi) is 5.12. The number of carbonyl (C=O) groups is 1. The van der Waals surface area contributed by atoms with E-state index in [0.717, 1.165) is 11.1 Å². The predicted octanol–water partition coefficient (Wildman–Crippen LogP) is 4.92. The van der Waals surface area contributed by atoms with Crippen molar-refractivity contribution in [2.24, 2.45) is 5.73 Å². The highest BCUT2D eigenvalue weighted by molar-refractivity contribution is 5.79. The third-order valence-corrected chi connectivity index (χ3v) is 5.48. The Morgan fingerprint density at radius 3 is 2.03 bits per heavy atom. The maximum absolute atomic E-state index is 12.3. The fourth-order valence-corrected chi connectivity index (χ4v) is 3.88. The van der Waals surface area contributed by atoms with Gasteiger partial charge in [0.2, 0.25) is 0 Å². The van der Waals surface area contributed by atoms with Crippen molar-refractivity contribution in [3.63, 3.8) is 0 Å². The number of hydrogen-bond donors (Lipinski definition) is 2. The Hall–Kier alpha value is -3.11. The lowest BCUT2D eigenvalue weighted by molar-refractivity contribution is 0.142. The molecule has 0 aliphatic heterocycles. The first kappa shape index (κ1) is 19.2. The van der Waals surface area contributed by atoms with Crippen LogP contribution in [-0.2, 0) is 16.8 Å². The monoisotopic (exact) mass is 386 g/mol. The largest absolute Gasteiger partial charge is 0.449 e. The molecule has 0 radical (unpaired) electrons. The second-order valence-electron chi connectivity index (χ2n) is 8.10. The maximum Gasteiger partial charge on any atom is 0.407 e. The van der Waals surface area contributed by atoms with Crippen LogP contribution in [0, 0.1) is 0 Å². The molecule has 0 atom stereocenters. The first-order valence-electron chi connectivity index (χ1n) is 9.90. The lowest BCUT2D eigenvalue weighted by Crippen LogP contribution is -2.28. The van der Waals surface area contributed by atoms with Gasteiger partial charge in [0, 0.05) is 18.0 Å². The number of nitrogens with two attached hydrogens (primary N) is 1. The molecule has 0 saturated carbocycles.